The number of aliphatic hydroxyl groups excluding tert-OH is 2. The summed E-state index contributed by atoms with van der Waals surface area (Å²) in [7, 11) is 5.65. The van der Waals surface area contributed by atoms with Gasteiger partial charge in [-0.05, 0) is 51.2 Å². The highest BCUT2D eigenvalue weighted by molar-refractivity contribution is 6.24. The molecule has 14 heteroatoms. The molecule has 0 aromatic heterocycles. The zero-order valence-electron chi connectivity index (χ0n) is 25.2. The Hall–Kier alpha value is -3.98. The molecule has 4 atom stereocenters. The molecular weight excluding hydrogens is 562 g/mol. The molecule has 0 radical (unpaired) electrons. The molecule has 0 unspecified atom stereocenters. The molecule has 43 heavy (non-hydrogen) atoms. The zero-order chi connectivity index (χ0) is 32.6. The number of benzene rings is 1. The number of hydrogen-bond acceptors (Lipinski definition) is 11. The van der Waals surface area contributed by atoms with E-state index in [0.29, 0.717) is 11.3 Å². The molecule has 0 spiro atoms. The first kappa shape index (κ1) is 31.9. The summed E-state index contributed by atoms with van der Waals surface area (Å²) in [5.41, 5.74) is 1.34. The van der Waals surface area contributed by atoms with Crippen molar-refractivity contribution in [2.24, 2.45) is 17.6 Å². The number of fused-ring (bicyclic) bond motifs is 3. The molecule has 2 amide bonds. The van der Waals surface area contributed by atoms with Crippen LogP contribution in [-0.2, 0) is 25.6 Å². The van der Waals surface area contributed by atoms with Crippen molar-refractivity contribution < 1.29 is 44.3 Å². The second-order valence-electron chi connectivity index (χ2n) is 13.1. The third-order valence-corrected chi connectivity index (χ3v) is 8.35. The fraction of sp³-hybridized carbons (Fsp3) is 0.517. The number of amides is 2. The predicted molar refractivity (Wildman–Crippen MR) is 157 cm³/mol. The Morgan fingerprint density at radius 1 is 1.19 bits per heavy atom. The van der Waals surface area contributed by atoms with E-state index in [4.69, 9.17) is 5.73 Å². The molecule has 14 nitrogen and oxygen atoms in total. The van der Waals surface area contributed by atoms with Gasteiger partial charge in [0, 0.05) is 30.9 Å². The van der Waals surface area contributed by atoms with E-state index in [2.05, 4.69) is 10.6 Å². The highest BCUT2D eigenvalue weighted by Gasteiger charge is 2.66. The van der Waals surface area contributed by atoms with Crippen LogP contribution in [0, 0.1) is 17.0 Å². The first-order valence-electron chi connectivity index (χ1n) is 13.8. The van der Waals surface area contributed by atoms with Gasteiger partial charge in [0.05, 0.1) is 37.8 Å². The number of likely N-dealkylation sites (N-methyl/N-ethyl adjacent to an activating group) is 1. The van der Waals surface area contributed by atoms with E-state index in [1.54, 1.807) is 19.0 Å². The lowest BCUT2D eigenvalue weighted by atomic mass is 9.57. The van der Waals surface area contributed by atoms with Crippen LogP contribution >= 0.6 is 0 Å². The fourth-order valence-electron chi connectivity index (χ4n) is 6.45. The number of hydroxylamine groups is 3. The fourth-order valence-corrected chi connectivity index (χ4v) is 6.45. The van der Waals surface area contributed by atoms with Gasteiger partial charge in [-0.15, -0.1) is 0 Å². The van der Waals surface area contributed by atoms with Crippen molar-refractivity contribution in [3.05, 3.63) is 39.3 Å². The molecule has 0 heterocycles. The van der Waals surface area contributed by atoms with Crippen LogP contribution in [0.1, 0.15) is 38.3 Å². The Kier molecular flexibility index (Phi) is 7.67. The largest absolute Gasteiger partial charge is 0.633 e. The van der Waals surface area contributed by atoms with Crippen molar-refractivity contribution in [3.8, 4) is 5.75 Å². The minimum absolute atomic E-state index is 0.0360. The van der Waals surface area contributed by atoms with Crippen molar-refractivity contribution >= 4 is 40.5 Å². The molecule has 0 saturated heterocycles. The van der Waals surface area contributed by atoms with E-state index < -0.39 is 74.3 Å². The summed E-state index contributed by atoms with van der Waals surface area (Å²) < 4.78 is -1.33. The Morgan fingerprint density at radius 2 is 1.79 bits per heavy atom. The van der Waals surface area contributed by atoms with Crippen LogP contribution in [0.2, 0.25) is 0 Å². The number of anilines is 2. The SMILES string of the molecule is CN(C)c1cc(NC(=O)CNC(C)(C)C)c(O)c2c1C[C@H]1C[C@H]3[C@H]([N+](C)(C)[O-])C(=O)C(C(N)=O)=C(O)[C@@]3(O)C(=O)C1=C2O. The number of phenols is 1. The summed E-state index contributed by atoms with van der Waals surface area (Å²) in [6, 6.07) is -0.140. The lowest BCUT2D eigenvalue weighted by Gasteiger charge is -2.53. The standard InChI is InChI=1S/C29H39N5O9/c1-28(2,3)31-11-17(35)32-15-10-16(33(4)5)13-8-12-9-14-21(34(6,7)43)24(38)20(27(30)41)26(40)29(14,42)25(39)18(12)23(37)19(13)22(15)36/h10,12,14,21,31,36-37,40,42H,8-9,11H2,1-7H3,(H2,30,41)(H,32,35)/t12-,14-,21-,29-/m0/s1. The maximum Gasteiger partial charge on any atom is 0.256 e. The summed E-state index contributed by atoms with van der Waals surface area (Å²) in [5, 5.41) is 64.4. The van der Waals surface area contributed by atoms with Crippen LogP contribution in [0.3, 0.4) is 0 Å². The molecule has 1 aromatic rings. The number of nitrogens with one attached hydrogen (secondary N) is 2. The normalized spacial score (nSPS) is 25.7. The number of nitrogens with zero attached hydrogens (tertiary/aromatic N) is 2. The molecule has 0 bridgehead atoms. The molecule has 8 N–H and O–H groups in total. The molecule has 0 aliphatic heterocycles. The van der Waals surface area contributed by atoms with Crippen LogP contribution in [-0.4, -0.2) is 100 Å². The summed E-state index contributed by atoms with van der Waals surface area (Å²) in [4.78, 5) is 53.9. The Morgan fingerprint density at radius 3 is 2.30 bits per heavy atom. The third kappa shape index (κ3) is 5.13. The smallest absolute Gasteiger partial charge is 0.256 e. The van der Waals surface area contributed by atoms with Crippen LogP contribution in [0.5, 0.6) is 5.75 Å². The number of hydrogen-bond donors (Lipinski definition) is 7. The van der Waals surface area contributed by atoms with Gasteiger partial charge in [0.15, 0.2) is 11.6 Å². The summed E-state index contributed by atoms with van der Waals surface area (Å²) in [6.07, 6.45) is -0.170. The predicted octanol–water partition coefficient (Wildman–Crippen LogP) is 0.369. The summed E-state index contributed by atoms with van der Waals surface area (Å²) in [5.74, 6) is -9.04. The number of aliphatic hydroxyl groups is 3. The molecule has 3 aliphatic carbocycles. The van der Waals surface area contributed by atoms with Crippen LogP contribution < -0.4 is 21.3 Å². The molecule has 234 valence electrons. The number of carbonyl (C=O) groups excluding carboxylic acids is 4. The van der Waals surface area contributed by atoms with Crippen molar-refractivity contribution in [2.45, 2.75) is 50.8 Å². The van der Waals surface area contributed by atoms with Crippen molar-refractivity contribution in [3.63, 3.8) is 0 Å². The Labute approximate surface area is 248 Å². The second kappa shape index (κ2) is 10.3. The van der Waals surface area contributed by atoms with E-state index >= 15 is 0 Å². The molecule has 3 aliphatic rings. The van der Waals surface area contributed by atoms with E-state index in [0.717, 1.165) is 14.1 Å². The average molecular weight is 602 g/mol. The average Bonchev–Trinajstić information content (AvgIpc) is 2.85. The molecular formula is C29H39N5O9. The Balaban J connectivity index is 1.91. The molecule has 1 aromatic carbocycles. The first-order chi connectivity index (χ1) is 19.6. The second-order valence-corrected chi connectivity index (χ2v) is 13.1. The number of primary amides is 1. The van der Waals surface area contributed by atoms with Gasteiger partial charge in [0.2, 0.25) is 17.5 Å². The van der Waals surface area contributed by atoms with Crippen molar-refractivity contribution in [1.29, 1.82) is 0 Å². The molecule has 4 rings (SSSR count). The number of Topliss-reactive ketones (excluding diaryl/α,β-unsaturated/α-hetero) is 2. The van der Waals surface area contributed by atoms with E-state index in [1.165, 1.54) is 6.07 Å². The quantitative estimate of drug-likeness (QED) is 0.102. The highest BCUT2D eigenvalue weighted by Crippen LogP contribution is 2.55. The van der Waals surface area contributed by atoms with E-state index in [1.807, 2.05) is 20.8 Å². The van der Waals surface area contributed by atoms with Crippen LogP contribution in [0.4, 0.5) is 11.4 Å². The number of quaternary nitrogens is 1. The number of phenolic OH excluding ortho intramolecular Hbond substituents is 1. The van der Waals surface area contributed by atoms with Crippen molar-refractivity contribution in [2.75, 3.05) is 45.0 Å². The topological polar surface area (TPSA) is 226 Å². The minimum Gasteiger partial charge on any atom is -0.633 e. The van der Waals surface area contributed by atoms with Gasteiger partial charge >= 0.3 is 0 Å². The number of nitrogens with two attached hydrogens (primary N) is 1. The Bertz CT molecular complexity index is 1500. The first-order valence-corrected chi connectivity index (χ1v) is 13.8. The number of ketones is 2. The minimum atomic E-state index is -2.93. The van der Waals surface area contributed by atoms with Gasteiger partial charge in [-0.1, -0.05) is 0 Å². The number of aromatic hydroxyl groups is 1. The number of rotatable bonds is 6. The van der Waals surface area contributed by atoms with Gasteiger partial charge in [-0.3, -0.25) is 19.2 Å². The maximum absolute atomic E-state index is 14.1. The molecule has 1 saturated carbocycles. The van der Waals surface area contributed by atoms with Crippen LogP contribution in [0.15, 0.2) is 23.0 Å². The highest BCUT2D eigenvalue weighted by atomic mass is 16.5. The van der Waals surface area contributed by atoms with Gasteiger partial charge in [-0.2, -0.15) is 0 Å². The van der Waals surface area contributed by atoms with E-state index in [-0.39, 0.29) is 41.7 Å². The van der Waals surface area contributed by atoms with Gasteiger partial charge in [0.1, 0.15) is 22.8 Å². The van der Waals surface area contributed by atoms with Gasteiger partial charge in [0.25, 0.3) is 5.91 Å². The third-order valence-electron chi connectivity index (χ3n) is 8.35. The van der Waals surface area contributed by atoms with Gasteiger partial charge < -0.3 is 51.5 Å². The molecule has 1 fully saturated rings. The van der Waals surface area contributed by atoms with Crippen LogP contribution in [0.25, 0.3) is 5.76 Å². The van der Waals surface area contributed by atoms with Crippen molar-refractivity contribution in [1.82, 2.24) is 5.32 Å². The zero-order valence-corrected chi connectivity index (χ0v) is 25.2. The maximum atomic E-state index is 14.1. The summed E-state index contributed by atoms with van der Waals surface area (Å²) >= 11 is 0. The lowest BCUT2D eigenvalue weighted by molar-refractivity contribution is -0.862. The van der Waals surface area contributed by atoms with Gasteiger partial charge in [-0.25, -0.2) is 0 Å². The number of carbonyl (C=O) groups is 4. The van der Waals surface area contributed by atoms with E-state index in [9.17, 15) is 44.8 Å². The monoisotopic (exact) mass is 601 g/mol. The summed E-state index contributed by atoms with van der Waals surface area (Å²) in [6.45, 7) is 5.55. The lowest BCUT2D eigenvalue weighted by Crippen LogP contribution is -2.68.